The van der Waals surface area contributed by atoms with Gasteiger partial charge in [-0.1, -0.05) is 13.8 Å². The Hall–Kier alpha value is -3.34. The molecular formula is C25H29N7O2S. The van der Waals surface area contributed by atoms with Crippen LogP contribution in [0.15, 0.2) is 59.9 Å². The second-order valence-electron chi connectivity index (χ2n) is 8.70. The van der Waals surface area contributed by atoms with Crippen molar-refractivity contribution in [3.05, 3.63) is 60.6 Å². The van der Waals surface area contributed by atoms with Gasteiger partial charge in [0, 0.05) is 56.0 Å². The quantitative estimate of drug-likeness (QED) is 0.359. The fourth-order valence-electron chi connectivity index (χ4n) is 4.31. The Morgan fingerprint density at radius 3 is 2.54 bits per heavy atom. The number of piperazine rings is 1. The number of hydrogen-bond acceptors (Lipinski definition) is 7. The van der Waals surface area contributed by atoms with Crippen molar-refractivity contribution in [1.82, 2.24) is 29.6 Å². The molecule has 3 aromatic heterocycles. The number of hydrogen-bond donors (Lipinski definition) is 3. The number of fused-ring (bicyclic) bond motifs is 1. The maximum Gasteiger partial charge on any atom is 0.243 e. The van der Waals surface area contributed by atoms with Crippen LogP contribution in [0, 0.1) is 0 Å². The van der Waals surface area contributed by atoms with Gasteiger partial charge in [0.05, 0.1) is 21.6 Å². The Kier molecular flexibility index (Phi) is 6.50. The molecule has 182 valence electrons. The van der Waals surface area contributed by atoms with Crippen LogP contribution in [0.25, 0.3) is 22.3 Å². The molecule has 0 aliphatic carbocycles. The summed E-state index contributed by atoms with van der Waals surface area (Å²) in [5, 5.41) is 6.35. The molecule has 5 rings (SSSR count). The summed E-state index contributed by atoms with van der Waals surface area (Å²) in [6.45, 7) is 6.67. The molecule has 10 heteroatoms. The van der Waals surface area contributed by atoms with Gasteiger partial charge in [-0.25, -0.2) is 18.4 Å². The van der Waals surface area contributed by atoms with E-state index in [1.807, 2.05) is 18.5 Å². The smallest absolute Gasteiger partial charge is 0.243 e. The minimum Gasteiger partial charge on any atom is -0.359 e. The van der Waals surface area contributed by atoms with Gasteiger partial charge in [-0.2, -0.15) is 4.31 Å². The molecule has 0 radical (unpaired) electrons. The van der Waals surface area contributed by atoms with Crippen molar-refractivity contribution in [2.45, 2.75) is 31.1 Å². The van der Waals surface area contributed by atoms with Crippen molar-refractivity contribution >= 4 is 32.7 Å². The number of rotatable bonds is 7. The minimum absolute atomic E-state index is 0.279. The third kappa shape index (κ3) is 4.64. The van der Waals surface area contributed by atoms with Crippen LogP contribution in [-0.4, -0.2) is 58.8 Å². The predicted molar refractivity (Wildman–Crippen MR) is 137 cm³/mol. The highest BCUT2D eigenvalue weighted by molar-refractivity contribution is 7.89. The molecule has 1 aromatic carbocycles. The van der Waals surface area contributed by atoms with Crippen LogP contribution < -0.4 is 10.6 Å². The number of nitrogens with zero attached hydrogens (tertiary/aromatic N) is 4. The lowest BCUT2D eigenvalue weighted by molar-refractivity contribution is 0.360. The first-order valence-corrected chi connectivity index (χ1v) is 13.3. The van der Waals surface area contributed by atoms with Crippen LogP contribution in [0.2, 0.25) is 0 Å². The third-order valence-electron chi connectivity index (χ3n) is 6.50. The average Bonchev–Trinajstić information content (AvgIpc) is 3.34. The van der Waals surface area contributed by atoms with Crippen LogP contribution in [0.1, 0.15) is 31.7 Å². The van der Waals surface area contributed by atoms with E-state index in [-0.39, 0.29) is 4.90 Å². The summed E-state index contributed by atoms with van der Waals surface area (Å²) in [6.07, 6.45) is 6.53. The monoisotopic (exact) mass is 491 g/mol. The normalized spacial score (nSPS) is 15.8. The summed E-state index contributed by atoms with van der Waals surface area (Å²) in [5.74, 6) is 0.848. The van der Waals surface area contributed by atoms with E-state index in [0.29, 0.717) is 43.7 Å². The van der Waals surface area contributed by atoms with E-state index < -0.39 is 10.0 Å². The summed E-state index contributed by atoms with van der Waals surface area (Å²) in [6, 6.07) is 10.6. The van der Waals surface area contributed by atoms with Crippen LogP contribution in [0.5, 0.6) is 0 Å². The summed E-state index contributed by atoms with van der Waals surface area (Å²) < 4.78 is 27.3. The molecule has 4 heterocycles. The molecule has 0 spiro atoms. The molecule has 0 amide bonds. The van der Waals surface area contributed by atoms with Crippen molar-refractivity contribution in [1.29, 1.82) is 0 Å². The molecule has 3 N–H and O–H groups in total. The molecule has 9 nitrogen and oxygen atoms in total. The van der Waals surface area contributed by atoms with Crippen LogP contribution in [0.3, 0.4) is 0 Å². The van der Waals surface area contributed by atoms with Crippen molar-refractivity contribution in [3.63, 3.8) is 0 Å². The topological polar surface area (TPSA) is 116 Å². The van der Waals surface area contributed by atoms with Gasteiger partial charge >= 0.3 is 0 Å². The van der Waals surface area contributed by atoms with Gasteiger partial charge in [0.25, 0.3) is 0 Å². The van der Waals surface area contributed by atoms with Gasteiger partial charge in [0.15, 0.2) is 0 Å². The van der Waals surface area contributed by atoms with E-state index in [9.17, 15) is 8.42 Å². The second kappa shape index (κ2) is 9.73. The van der Waals surface area contributed by atoms with E-state index in [1.165, 1.54) is 9.87 Å². The highest BCUT2D eigenvalue weighted by Gasteiger charge is 2.25. The molecule has 1 aliphatic heterocycles. The van der Waals surface area contributed by atoms with Crippen molar-refractivity contribution in [2.24, 2.45) is 0 Å². The lowest BCUT2D eigenvalue weighted by atomic mass is 9.98. The number of anilines is 2. The largest absolute Gasteiger partial charge is 0.359 e. The van der Waals surface area contributed by atoms with E-state index in [1.54, 1.807) is 30.5 Å². The van der Waals surface area contributed by atoms with Gasteiger partial charge in [0.2, 0.25) is 16.0 Å². The van der Waals surface area contributed by atoms with Crippen LogP contribution >= 0.6 is 0 Å². The van der Waals surface area contributed by atoms with Gasteiger partial charge < -0.3 is 15.6 Å². The zero-order chi connectivity index (χ0) is 24.4. The Balaban J connectivity index is 1.38. The van der Waals surface area contributed by atoms with Gasteiger partial charge in [-0.05, 0) is 54.3 Å². The maximum atomic E-state index is 12.9. The maximum absolute atomic E-state index is 12.9. The predicted octanol–water partition coefficient (Wildman–Crippen LogP) is 3.87. The van der Waals surface area contributed by atoms with Gasteiger partial charge in [-0.15, -0.1) is 0 Å². The molecule has 1 fully saturated rings. The summed E-state index contributed by atoms with van der Waals surface area (Å²) in [5.41, 5.74) is 5.53. The number of H-pyrrole nitrogens is 1. The van der Waals surface area contributed by atoms with Gasteiger partial charge in [-0.3, -0.25) is 4.98 Å². The molecule has 0 bridgehead atoms. The zero-order valence-electron chi connectivity index (χ0n) is 19.8. The highest BCUT2D eigenvalue weighted by atomic mass is 32.2. The van der Waals surface area contributed by atoms with Crippen LogP contribution in [0.4, 0.5) is 11.6 Å². The molecule has 4 aromatic rings. The molecular weight excluding hydrogens is 462 g/mol. The summed E-state index contributed by atoms with van der Waals surface area (Å²) >= 11 is 0. The lowest BCUT2D eigenvalue weighted by Gasteiger charge is -2.26. The first kappa shape index (κ1) is 23.4. The Bertz CT molecular complexity index is 1430. The van der Waals surface area contributed by atoms with E-state index in [2.05, 4.69) is 50.5 Å². The molecule has 1 atom stereocenters. The second-order valence-corrected chi connectivity index (χ2v) is 10.6. The Morgan fingerprint density at radius 1 is 1.06 bits per heavy atom. The average molecular weight is 492 g/mol. The molecule has 35 heavy (non-hydrogen) atoms. The van der Waals surface area contributed by atoms with E-state index in [0.717, 1.165) is 28.7 Å². The molecule has 0 saturated carbocycles. The minimum atomic E-state index is -3.50. The van der Waals surface area contributed by atoms with E-state index in [4.69, 9.17) is 0 Å². The SMILES string of the molecule is CCC(C)c1ccnc2c(-c3ccnc(Nc4ccc(S(=O)(=O)N5CCNCC5)cc4)n3)c[nH]c12. The first-order chi connectivity index (χ1) is 17.0. The van der Waals surface area contributed by atoms with Gasteiger partial charge in [0.1, 0.15) is 0 Å². The molecule has 1 saturated heterocycles. The first-order valence-electron chi connectivity index (χ1n) is 11.8. The summed E-state index contributed by atoms with van der Waals surface area (Å²) in [4.78, 5) is 17.3. The summed E-state index contributed by atoms with van der Waals surface area (Å²) in [7, 11) is -3.50. The zero-order valence-corrected chi connectivity index (χ0v) is 20.6. The number of aromatic amines is 1. The molecule has 1 aliphatic rings. The lowest BCUT2D eigenvalue weighted by Crippen LogP contribution is -2.46. The van der Waals surface area contributed by atoms with Crippen LogP contribution in [-0.2, 0) is 10.0 Å². The fraction of sp³-hybridized carbons (Fsp3) is 0.320. The van der Waals surface area contributed by atoms with Crippen molar-refractivity contribution in [3.8, 4) is 11.3 Å². The number of sulfonamides is 1. The highest BCUT2D eigenvalue weighted by Crippen LogP contribution is 2.32. The van der Waals surface area contributed by atoms with Crippen molar-refractivity contribution in [2.75, 3.05) is 31.5 Å². The number of benzene rings is 1. The fourth-order valence-corrected chi connectivity index (χ4v) is 5.75. The Morgan fingerprint density at radius 2 is 1.80 bits per heavy atom. The standard InChI is InChI=1S/C25H29N7O2S/c1-3-17(2)20-8-10-27-24-21(16-29-23(20)24)22-9-11-28-25(31-22)30-18-4-6-19(7-5-18)35(33,34)32-14-12-26-13-15-32/h4-11,16-17,26,29H,3,12-15H2,1-2H3,(H,28,30,31). The molecule has 1 unspecified atom stereocenters. The van der Waals surface area contributed by atoms with E-state index >= 15 is 0 Å². The van der Waals surface area contributed by atoms with Crippen molar-refractivity contribution < 1.29 is 8.42 Å². The number of nitrogens with one attached hydrogen (secondary N) is 3. The Labute approximate surface area is 205 Å². The number of pyridine rings is 1. The third-order valence-corrected chi connectivity index (χ3v) is 8.41. The number of aromatic nitrogens is 4.